The molecule has 0 bridgehead atoms. The van der Waals surface area contributed by atoms with Crippen LogP contribution in [0.3, 0.4) is 0 Å². The van der Waals surface area contributed by atoms with Crippen molar-refractivity contribution in [3.05, 3.63) is 35.4 Å². The Morgan fingerprint density at radius 1 is 1.24 bits per heavy atom. The quantitative estimate of drug-likeness (QED) is 0.846. The van der Waals surface area contributed by atoms with Gasteiger partial charge in [0.2, 0.25) is 0 Å². The topological polar surface area (TPSA) is 12.0 Å². The van der Waals surface area contributed by atoms with E-state index in [2.05, 4.69) is 33.0 Å². The SMILES string of the molecule is CC(CNCc1cc(F)ccc1F)C(C)(C)C. The Morgan fingerprint density at radius 3 is 2.47 bits per heavy atom. The van der Waals surface area contributed by atoms with Gasteiger partial charge in [-0.05, 0) is 36.1 Å². The first-order valence-corrected chi connectivity index (χ1v) is 5.95. The van der Waals surface area contributed by atoms with Crippen LogP contribution in [0.25, 0.3) is 0 Å². The highest BCUT2D eigenvalue weighted by Gasteiger charge is 2.19. The zero-order chi connectivity index (χ0) is 13.1. The van der Waals surface area contributed by atoms with Gasteiger partial charge in [-0.2, -0.15) is 0 Å². The van der Waals surface area contributed by atoms with Crippen LogP contribution < -0.4 is 5.32 Å². The zero-order valence-electron chi connectivity index (χ0n) is 11.0. The number of hydrogen-bond acceptors (Lipinski definition) is 1. The maximum atomic E-state index is 13.3. The van der Waals surface area contributed by atoms with Gasteiger partial charge in [0, 0.05) is 12.1 Å². The summed E-state index contributed by atoms with van der Waals surface area (Å²) in [6, 6.07) is 3.54. The molecule has 0 aliphatic carbocycles. The molecule has 0 amide bonds. The first-order valence-electron chi connectivity index (χ1n) is 5.95. The molecule has 0 spiro atoms. The van der Waals surface area contributed by atoms with E-state index >= 15 is 0 Å². The van der Waals surface area contributed by atoms with Crippen LogP contribution in [-0.2, 0) is 6.54 Å². The molecule has 17 heavy (non-hydrogen) atoms. The van der Waals surface area contributed by atoms with Crippen molar-refractivity contribution in [3.8, 4) is 0 Å². The van der Waals surface area contributed by atoms with Crippen LogP contribution in [0.15, 0.2) is 18.2 Å². The lowest BCUT2D eigenvalue weighted by molar-refractivity contribution is 0.252. The normalized spacial score (nSPS) is 13.8. The van der Waals surface area contributed by atoms with Crippen molar-refractivity contribution in [2.75, 3.05) is 6.54 Å². The highest BCUT2D eigenvalue weighted by atomic mass is 19.1. The van der Waals surface area contributed by atoms with E-state index in [1.807, 2.05) is 0 Å². The molecule has 0 radical (unpaired) electrons. The highest BCUT2D eigenvalue weighted by molar-refractivity contribution is 5.18. The molecule has 0 saturated carbocycles. The zero-order valence-corrected chi connectivity index (χ0v) is 11.0. The molecule has 0 saturated heterocycles. The summed E-state index contributed by atoms with van der Waals surface area (Å²) in [5, 5.41) is 3.17. The molecule has 0 aliphatic heterocycles. The second-order valence-corrected chi connectivity index (χ2v) is 5.63. The Balaban J connectivity index is 2.49. The van der Waals surface area contributed by atoms with E-state index in [1.54, 1.807) is 0 Å². The van der Waals surface area contributed by atoms with E-state index in [0.29, 0.717) is 18.0 Å². The molecule has 1 nitrogen and oxygen atoms in total. The Morgan fingerprint density at radius 2 is 1.88 bits per heavy atom. The molecule has 1 N–H and O–H groups in total. The van der Waals surface area contributed by atoms with Crippen LogP contribution >= 0.6 is 0 Å². The summed E-state index contributed by atoms with van der Waals surface area (Å²) in [5.74, 6) is -0.284. The predicted octanol–water partition coefficient (Wildman–Crippen LogP) is 3.74. The molecular formula is C14H21F2N. The van der Waals surface area contributed by atoms with Gasteiger partial charge in [0.05, 0.1) is 0 Å². The molecule has 1 rings (SSSR count). The van der Waals surface area contributed by atoms with Crippen molar-refractivity contribution in [3.63, 3.8) is 0 Å². The maximum absolute atomic E-state index is 13.3. The lowest BCUT2D eigenvalue weighted by Gasteiger charge is -2.27. The Labute approximate surface area is 102 Å². The number of rotatable bonds is 4. The largest absolute Gasteiger partial charge is 0.312 e. The monoisotopic (exact) mass is 241 g/mol. The first-order chi connectivity index (χ1) is 7.80. The van der Waals surface area contributed by atoms with Crippen molar-refractivity contribution in [1.82, 2.24) is 5.32 Å². The second-order valence-electron chi connectivity index (χ2n) is 5.63. The molecule has 0 aromatic heterocycles. The number of hydrogen-bond donors (Lipinski definition) is 1. The minimum atomic E-state index is -0.396. The molecule has 0 heterocycles. The summed E-state index contributed by atoms with van der Waals surface area (Å²) in [5.41, 5.74) is 0.596. The summed E-state index contributed by atoms with van der Waals surface area (Å²) < 4.78 is 26.2. The average molecular weight is 241 g/mol. The third kappa shape index (κ3) is 4.43. The van der Waals surface area contributed by atoms with Crippen molar-refractivity contribution in [2.45, 2.75) is 34.2 Å². The average Bonchev–Trinajstić information content (AvgIpc) is 2.21. The third-order valence-electron chi connectivity index (χ3n) is 3.25. The first kappa shape index (κ1) is 14.1. The van der Waals surface area contributed by atoms with Gasteiger partial charge in [0.1, 0.15) is 11.6 Å². The lowest BCUT2D eigenvalue weighted by Crippen LogP contribution is -2.29. The summed E-state index contributed by atoms with van der Waals surface area (Å²) in [4.78, 5) is 0. The lowest BCUT2D eigenvalue weighted by atomic mass is 9.82. The van der Waals surface area contributed by atoms with E-state index in [4.69, 9.17) is 0 Å². The molecule has 0 aliphatic rings. The molecule has 96 valence electrons. The van der Waals surface area contributed by atoms with E-state index in [1.165, 1.54) is 12.1 Å². The molecule has 1 aromatic carbocycles. The van der Waals surface area contributed by atoms with E-state index in [-0.39, 0.29) is 11.2 Å². The molecule has 1 aromatic rings. The number of nitrogens with one attached hydrogen (secondary N) is 1. The van der Waals surface area contributed by atoms with Crippen LogP contribution in [0.2, 0.25) is 0 Å². The fraction of sp³-hybridized carbons (Fsp3) is 0.571. The Bertz CT molecular complexity index is 369. The van der Waals surface area contributed by atoms with Crippen LogP contribution in [-0.4, -0.2) is 6.54 Å². The fourth-order valence-corrected chi connectivity index (χ4v) is 1.41. The van der Waals surface area contributed by atoms with Crippen LogP contribution in [0, 0.1) is 23.0 Å². The Kier molecular flexibility index (Phi) is 4.63. The minimum absolute atomic E-state index is 0.216. The van der Waals surface area contributed by atoms with Gasteiger partial charge in [-0.15, -0.1) is 0 Å². The fourth-order valence-electron chi connectivity index (χ4n) is 1.41. The standard InChI is InChI=1S/C14H21F2N/c1-10(14(2,3)4)8-17-9-11-7-12(15)5-6-13(11)16/h5-7,10,17H,8-9H2,1-4H3. The smallest absolute Gasteiger partial charge is 0.127 e. The maximum Gasteiger partial charge on any atom is 0.127 e. The second kappa shape index (κ2) is 5.58. The van der Waals surface area contributed by atoms with E-state index in [0.717, 1.165) is 12.6 Å². The van der Waals surface area contributed by atoms with E-state index in [9.17, 15) is 8.78 Å². The molecule has 3 heteroatoms. The van der Waals surface area contributed by atoms with Crippen molar-refractivity contribution >= 4 is 0 Å². The number of halogens is 2. The van der Waals surface area contributed by atoms with Crippen molar-refractivity contribution in [2.24, 2.45) is 11.3 Å². The molecule has 1 unspecified atom stereocenters. The minimum Gasteiger partial charge on any atom is -0.312 e. The predicted molar refractivity (Wildman–Crippen MR) is 66.7 cm³/mol. The highest BCUT2D eigenvalue weighted by Crippen LogP contribution is 2.24. The molecule has 0 fully saturated rings. The Hall–Kier alpha value is -0.960. The summed E-state index contributed by atoms with van der Waals surface area (Å²) in [7, 11) is 0. The molecular weight excluding hydrogens is 220 g/mol. The van der Waals surface area contributed by atoms with Gasteiger partial charge < -0.3 is 5.32 Å². The van der Waals surface area contributed by atoms with Gasteiger partial charge in [-0.1, -0.05) is 27.7 Å². The van der Waals surface area contributed by atoms with Gasteiger partial charge in [-0.3, -0.25) is 0 Å². The van der Waals surface area contributed by atoms with Gasteiger partial charge in [0.15, 0.2) is 0 Å². The third-order valence-corrected chi connectivity index (χ3v) is 3.25. The number of benzene rings is 1. The van der Waals surface area contributed by atoms with Gasteiger partial charge in [-0.25, -0.2) is 8.78 Å². The summed E-state index contributed by atoms with van der Waals surface area (Å²) in [6.45, 7) is 9.81. The summed E-state index contributed by atoms with van der Waals surface area (Å²) >= 11 is 0. The van der Waals surface area contributed by atoms with Gasteiger partial charge in [0.25, 0.3) is 0 Å². The van der Waals surface area contributed by atoms with E-state index < -0.39 is 5.82 Å². The van der Waals surface area contributed by atoms with Gasteiger partial charge >= 0.3 is 0 Å². The molecule has 1 atom stereocenters. The van der Waals surface area contributed by atoms with Crippen LogP contribution in [0.5, 0.6) is 0 Å². The summed E-state index contributed by atoms with van der Waals surface area (Å²) in [6.07, 6.45) is 0. The van der Waals surface area contributed by atoms with Crippen molar-refractivity contribution in [1.29, 1.82) is 0 Å². The van der Waals surface area contributed by atoms with Crippen LogP contribution in [0.4, 0.5) is 8.78 Å². The van der Waals surface area contributed by atoms with Crippen LogP contribution in [0.1, 0.15) is 33.3 Å². The van der Waals surface area contributed by atoms with Crippen molar-refractivity contribution < 1.29 is 8.78 Å².